The highest BCUT2D eigenvalue weighted by atomic mass is 32.1. The number of nitrogens with one attached hydrogen (secondary N) is 2. The molecular formula is C21H27N3O3S. The molecule has 28 heavy (non-hydrogen) atoms. The van der Waals surface area contributed by atoms with Crippen molar-refractivity contribution in [1.82, 2.24) is 10.2 Å². The van der Waals surface area contributed by atoms with Crippen LogP contribution in [0.5, 0.6) is 0 Å². The second-order valence-electron chi connectivity index (χ2n) is 7.19. The summed E-state index contributed by atoms with van der Waals surface area (Å²) in [6, 6.07) is 9.20. The average Bonchev–Trinajstić information content (AvgIpc) is 3.32. The van der Waals surface area contributed by atoms with Gasteiger partial charge in [-0.15, -0.1) is 11.3 Å². The van der Waals surface area contributed by atoms with Crippen LogP contribution < -0.4 is 10.6 Å². The third-order valence-electron chi connectivity index (χ3n) is 4.83. The van der Waals surface area contributed by atoms with Gasteiger partial charge in [0.25, 0.3) is 0 Å². The molecule has 150 valence electrons. The zero-order chi connectivity index (χ0) is 19.9. The van der Waals surface area contributed by atoms with E-state index in [0.717, 1.165) is 30.6 Å². The third kappa shape index (κ3) is 6.15. The first-order valence-electron chi connectivity index (χ1n) is 9.54. The highest BCUT2D eigenvalue weighted by Gasteiger charge is 2.22. The molecule has 0 unspecified atom stereocenters. The Morgan fingerprint density at radius 3 is 2.79 bits per heavy atom. The molecular weight excluding hydrogens is 374 g/mol. The van der Waals surface area contributed by atoms with Crippen LogP contribution in [0.25, 0.3) is 0 Å². The number of hydrogen-bond donors (Lipinski definition) is 2. The van der Waals surface area contributed by atoms with Crippen molar-refractivity contribution in [2.24, 2.45) is 0 Å². The molecule has 0 bridgehead atoms. The summed E-state index contributed by atoms with van der Waals surface area (Å²) in [6.07, 6.45) is 2.22. The molecule has 2 aromatic rings. The number of ether oxygens (including phenoxy) is 1. The van der Waals surface area contributed by atoms with Crippen molar-refractivity contribution < 1.29 is 14.3 Å². The second kappa shape index (κ2) is 9.82. The van der Waals surface area contributed by atoms with Gasteiger partial charge in [0.2, 0.25) is 5.91 Å². The van der Waals surface area contributed by atoms with E-state index < -0.39 is 6.03 Å². The minimum Gasteiger partial charge on any atom is -0.377 e. The molecule has 1 aliphatic heterocycles. The van der Waals surface area contributed by atoms with E-state index in [2.05, 4.69) is 16.7 Å². The molecule has 2 heterocycles. The molecule has 1 fully saturated rings. The molecule has 0 spiro atoms. The van der Waals surface area contributed by atoms with Gasteiger partial charge in [-0.1, -0.05) is 12.1 Å². The summed E-state index contributed by atoms with van der Waals surface area (Å²) in [5, 5.41) is 7.17. The van der Waals surface area contributed by atoms with Crippen molar-refractivity contribution in [2.75, 3.05) is 25.0 Å². The number of benzene rings is 1. The van der Waals surface area contributed by atoms with Crippen molar-refractivity contribution in [3.05, 3.63) is 51.7 Å². The number of carbonyl (C=O) groups excluding carboxylic acids is 2. The van der Waals surface area contributed by atoms with Crippen molar-refractivity contribution in [2.45, 2.75) is 39.3 Å². The molecule has 1 aromatic heterocycles. The van der Waals surface area contributed by atoms with Crippen LogP contribution in [0.2, 0.25) is 0 Å². The van der Waals surface area contributed by atoms with Crippen molar-refractivity contribution >= 4 is 29.0 Å². The van der Waals surface area contributed by atoms with Crippen LogP contribution in [0.3, 0.4) is 0 Å². The number of anilines is 1. The Labute approximate surface area is 169 Å². The van der Waals surface area contributed by atoms with Gasteiger partial charge in [0.1, 0.15) is 0 Å². The lowest BCUT2D eigenvalue weighted by Crippen LogP contribution is -2.43. The van der Waals surface area contributed by atoms with Gasteiger partial charge < -0.3 is 10.1 Å². The van der Waals surface area contributed by atoms with E-state index in [9.17, 15) is 9.59 Å². The summed E-state index contributed by atoms with van der Waals surface area (Å²) in [6.45, 7) is 6.28. The summed E-state index contributed by atoms with van der Waals surface area (Å²) in [4.78, 5) is 27.8. The highest BCUT2D eigenvalue weighted by Crippen LogP contribution is 2.17. The van der Waals surface area contributed by atoms with Crippen LogP contribution in [0, 0.1) is 13.8 Å². The normalized spacial score (nSPS) is 16.3. The Morgan fingerprint density at radius 1 is 1.25 bits per heavy atom. The molecule has 1 aromatic carbocycles. The van der Waals surface area contributed by atoms with Gasteiger partial charge in [0, 0.05) is 30.3 Å². The van der Waals surface area contributed by atoms with E-state index >= 15 is 0 Å². The fourth-order valence-electron chi connectivity index (χ4n) is 3.24. The Hall–Kier alpha value is -2.22. The minimum atomic E-state index is -0.513. The number of hydrogen-bond acceptors (Lipinski definition) is 5. The predicted molar refractivity (Wildman–Crippen MR) is 112 cm³/mol. The van der Waals surface area contributed by atoms with Crippen LogP contribution in [-0.2, 0) is 16.1 Å². The first-order valence-corrected chi connectivity index (χ1v) is 10.4. The zero-order valence-electron chi connectivity index (χ0n) is 16.4. The maximum Gasteiger partial charge on any atom is 0.325 e. The first-order chi connectivity index (χ1) is 13.5. The van der Waals surface area contributed by atoms with E-state index in [1.54, 1.807) is 11.3 Å². The molecule has 1 atom stereocenters. The Balaban J connectivity index is 1.54. The fourth-order valence-corrected chi connectivity index (χ4v) is 3.98. The van der Waals surface area contributed by atoms with Crippen molar-refractivity contribution in [3.63, 3.8) is 0 Å². The number of nitrogens with zero attached hydrogens (tertiary/aromatic N) is 1. The van der Waals surface area contributed by atoms with Gasteiger partial charge in [0.05, 0.1) is 12.6 Å². The lowest BCUT2D eigenvalue weighted by Gasteiger charge is -2.24. The Bertz CT molecular complexity index is 801. The topological polar surface area (TPSA) is 70.7 Å². The monoisotopic (exact) mass is 401 g/mol. The van der Waals surface area contributed by atoms with Crippen LogP contribution in [0.15, 0.2) is 35.7 Å². The van der Waals surface area contributed by atoms with Crippen molar-refractivity contribution in [1.29, 1.82) is 0 Å². The fraction of sp³-hybridized carbons (Fsp3) is 0.429. The van der Waals surface area contributed by atoms with Crippen LogP contribution in [0.4, 0.5) is 10.5 Å². The lowest BCUT2D eigenvalue weighted by molar-refractivity contribution is -0.121. The van der Waals surface area contributed by atoms with Gasteiger partial charge in [-0.3, -0.25) is 15.0 Å². The summed E-state index contributed by atoms with van der Waals surface area (Å²) in [5.74, 6) is -0.323. The van der Waals surface area contributed by atoms with Crippen molar-refractivity contribution in [3.8, 4) is 0 Å². The maximum absolute atomic E-state index is 12.4. The number of urea groups is 1. The van der Waals surface area contributed by atoms with Gasteiger partial charge in [-0.2, -0.15) is 0 Å². The first kappa shape index (κ1) is 20.5. The standard InChI is InChI=1S/C21H27N3O3S/c1-15-7-8-17(11-16(15)2)22-21(26)23-20(25)14-24(12-18-5-3-9-27-18)13-19-6-4-10-28-19/h4,6-8,10-11,18H,3,5,9,12-14H2,1-2H3,(H2,22,23,25,26)/t18-/m1/s1. The summed E-state index contributed by atoms with van der Waals surface area (Å²) < 4.78 is 5.72. The van der Waals surface area contributed by atoms with Crippen LogP contribution in [0.1, 0.15) is 28.8 Å². The molecule has 3 rings (SSSR count). The zero-order valence-corrected chi connectivity index (χ0v) is 17.2. The second-order valence-corrected chi connectivity index (χ2v) is 8.22. The van der Waals surface area contributed by atoms with Crippen LogP contribution in [-0.4, -0.2) is 42.6 Å². The molecule has 7 heteroatoms. The van der Waals surface area contributed by atoms with Gasteiger partial charge in [-0.05, 0) is 61.4 Å². The largest absolute Gasteiger partial charge is 0.377 e. The molecule has 1 aliphatic rings. The molecule has 3 amide bonds. The van der Waals surface area contributed by atoms with E-state index in [-0.39, 0.29) is 18.6 Å². The minimum absolute atomic E-state index is 0.150. The molecule has 0 radical (unpaired) electrons. The number of imide groups is 1. The van der Waals surface area contributed by atoms with Gasteiger partial charge >= 0.3 is 6.03 Å². The number of amides is 3. The summed E-state index contributed by atoms with van der Waals surface area (Å²) in [7, 11) is 0. The van der Waals surface area contributed by atoms with E-state index in [0.29, 0.717) is 18.8 Å². The molecule has 6 nitrogen and oxygen atoms in total. The Kier molecular flexibility index (Phi) is 7.19. The van der Waals surface area contributed by atoms with Gasteiger partial charge in [-0.25, -0.2) is 4.79 Å². The maximum atomic E-state index is 12.4. The third-order valence-corrected chi connectivity index (χ3v) is 5.69. The highest BCUT2D eigenvalue weighted by molar-refractivity contribution is 7.09. The van der Waals surface area contributed by atoms with Gasteiger partial charge in [0.15, 0.2) is 0 Å². The Morgan fingerprint density at radius 2 is 2.11 bits per heavy atom. The SMILES string of the molecule is Cc1ccc(NC(=O)NC(=O)CN(Cc2cccs2)C[C@H]2CCCO2)cc1C. The summed E-state index contributed by atoms with van der Waals surface area (Å²) in [5.41, 5.74) is 2.91. The van der Waals surface area contributed by atoms with E-state index in [1.807, 2.05) is 48.4 Å². The lowest BCUT2D eigenvalue weighted by atomic mass is 10.1. The molecule has 1 saturated heterocycles. The number of rotatable bonds is 7. The number of aryl methyl sites for hydroxylation is 2. The predicted octanol–water partition coefficient (Wildman–Crippen LogP) is 3.69. The van der Waals surface area contributed by atoms with E-state index in [4.69, 9.17) is 4.74 Å². The van der Waals surface area contributed by atoms with Crippen LogP contribution >= 0.6 is 11.3 Å². The number of carbonyl (C=O) groups is 2. The quantitative estimate of drug-likeness (QED) is 0.742. The molecule has 0 saturated carbocycles. The molecule has 0 aliphatic carbocycles. The summed E-state index contributed by atoms with van der Waals surface area (Å²) >= 11 is 1.66. The average molecular weight is 402 g/mol. The number of thiophene rings is 1. The van der Waals surface area contributed by atoms with E-state index in [1.165, 1.54) is 4.88 Å². The smallest absolute Gasteiger partial charge is 0.325 e. The molecule has 2 N–H and O–H groups in total.